The van der Waals surface area contributed by atoms with E-state index in [1.165, 1.54) is 6.20 Å². The van der Waals surface area contributed by atoms with Crippen molar-refractivity contribution in [2.45, 2.75) is 6.92 Å². The number of pyridine rings is 1. The van der Waals surface area contributed by atoms with Gasteiger partial charge in [0.15, 0.2) is 0 Å². The molecule has 0 spiro atoms. The van der Waals surface area contributed by atoms with Crippen LogP contribution in [0.15, 0.2) is 34.9 Å². The SMILES string of the molecule is Cc1cc(N)ccc1Oc1ncc(Cl)cc1Br. The Morgan fingerprint density at radius 3 is 2.76 bits per heavy atom. The molecule has 0 radical (unpaired) electrons. The fourth-order valence-electron chi connectivity index (χ4n) is 1.37. The normalized spacial score (nSPS) is 10.3. The second-order valence-corrected chi connectivity index (χ2v) is 4.86. The van der Waals surface area contributed by atoms with Crippen molar-refractivity contribution < 1.29 is 4.74 Å². The Balaban J connectivity index is 2.31. The van der Waals surface area contributed by atoms with Gasteiger partial charge in [-0.25, -0.2) is 4.98 Å². The highest BCUT2D eigenvalue weighted by Crippen LogP contribution is 2.31. The van der Waals surface area contributed by atoms with Crippen molar-refractivity contribution in [1.29, 1.82) is 0 Å². The predicted molar refractivity (Wildman–Crippen MR) is 72.6 cm³/mol. The van der Waals surface area contributed by atoms with Crippen LogP contribution >= 0.6 is 27.5 Å². The third kappa shape index (κ3) is 2.90. The molecule has 0 bridgehead atoms. The molecule has 2 rings (SSSR count). The summed E-state index contributed by atoms with van der Waals surface area (Å²) in [5.74, 6) is 1.19. The van der Waals surface area contributed by atoms with Crippen LogP contribution < -0.4 is 10.5 Å². The van der Waals surface area contributed by atoms with Crippen LogP contribution in [0, 0.1) is 6.92 Å². The molecule has 0 aliphatic rings. The lowest BCUT2D eigenvalue weighted by molar-refractivity contribution is 0.456. The Kier molecular flexibility index (Phi) is 3.54. The molecule has 0 atom stereocenters. The Hall–Kier alpha value is -1.26. The Morgan fingerprint density at radius 1 is 1.35 bits per heavy atom. The van der Waals surface area contributed by atoms with Gasteiger partial charge in [0.2, 0.25) is 5.88 Å². The summed E-state index contributed by atoms with van der Waals surface area (Å²) in [5, 5.41) is 0.554. The van der Waals surface area contributed by atoms with Gasteiger partial charge in [0.05, 0.1) is 9.50 Å². The third-order valence-electron chi connectivity index (χ3n) is 2.18. The number of nitrogen functional groups attached to an aromatic ring is 1. The Labute approximate surface area is 113 Å². The first kappa shape index (κ1) is 12.2. The van der Waals surface area contributed by atoms with E-state index in [9.17, 15) is 0 Å². The summed E-state index contributed by atoms with van der Waals surface area (Å²) in [4.78, 5) is 4.10. The number of rotatable bonds is 2. The first-order valence-electron chi connectivity index (χ1n) is 4.91. The zero-order chi connectivity index (χ0) is 12.4. The van der Waals surface area contributed by atoms with E-state index in [4.69, 9.17) is 22.1 Å². The van der Waals surface area contributed by atoms with E-state index >= 15 is 0 Å². The molecule has 0 saturated carbocycles. The van der Waals surface area contributed by atoms with Crippen molar-refractivity contribution in [2.75, 3.05) is 5.73 Å². The second-order valence-electron chi connectivity index (χ2n) is 3.57. The molecule has 1 aromatic carbocycles. The van der Waals surface area contributed by atoms with Crippen LogP contribution in [0.4, 0.5) is 5.69 Å². The van der Waals surface area contributed by atoms with E-state index in [0.29, 0.717) is 21.1 Å². The summed E-state index contributed by atoms with van der Waals surface area (Å²) in [6.45, 7) is 1.93. The second kappa shape index (κ2) is 4.94. The van der Waals surface area contributed by atoms with E-state index in [2.05, 4.69) is 20.9 Å². The van der Waals surface area contributed by atoms with Crippen molar-refractivity contribution >= 4 is 33.2 Å². The molecule has 3 nitrogen and oxygen atoms in total. The molecule has 5 heteroatoms. The summed E-state index contributed by atoms with van der Waals surface area (Å²) < 4.78 is 6.39. The molecule has 0 fully saturated rings. The van der Waals surface area contributed by atoms with Gasteiger partial charge in [-0.2, -0.15) is 0 Å². The average molecular weight is 314 g/mol. The van der Waals surface area contributed by atoms with Gasteiger partial charge in [0.1, 0.15) is 5.75 Å². The maximum atomic E-state index is 5.81. The van der Waals surface area contributed by atoms with Gasteiger partial charge < -0.3 is 10.5 Å². The predicted octanol–water partition coefficient (Wildman–Crippen LogP) is 4.18. The van der Waals surface area contributed by atoms with Gasteiger partial charge in [-0.15, -0.1) is 0 Å². The van der Waals surface area contributed by atoms with E-state index in [-0.39, 0.29) is 0 Å². The minimum Gasteiger partial charge on any atom is -0.438 e. The number of ether oxygens (including phenoxy) is 1. The van der Waals surface area contributed by atoms with Crippen LogP contribution in [0.25, 0.3) is 0 Å². The highest BCUT2D eigenvalue weighted by molar-refractivity contribution is 9.10. The van der Waals surface area contributed by atoms with Crippen molar-refractivity contribution in [2.24, 2.45) is 0 Å². The van der Waals surface area contributed by atoms with Gasteiger partial charge >= 0.3 is 0 Å². The maximum Gasteiger partial charge on any atom is 0.233 e. The third-order valence-corrected chi connectivity index (χ3v) is 2.95. The van der Waals surface area contributed by atoms with Crippen LogP contribution in [0.5, 0.6) is 11.6 Å². The number of nitrogens with two attached hydrogens (primary N) is 1. The molecule has 0 amide bonds. The number of hydrogen-bond donors (Lipinski definition) is 1. The standard InChI is InChI=1S/C12H10BrClN2O/c1-7-4-9(15)2-3-11(7)17-12-10(13)5-8(14)6-16-12/h2-6H,15H2,1H3. The first-order chi connectivity index (χ1) is 8.06. The molecular formula is C12H10BrClN2O. The minimum absolute atomic E-state index is 0.474. The summed E-state index contributed by atoms with van der Waals surface area (Å²) in [5.41, 5.74) is 7.33. The van der Waals surface area contributed by atoms with Gasteiger partial charge in [0.25, 0.3) is 0 Å². The van der Waals surface area contributed by atoms with Crippen LogP contribution in [-0.4, -0.2) is 4.98 Å². The number of benzene rings is 1. The molecule has 17 heavy (non-hydrogen) atoms. The van der Waals surface area contributed by atoms with E-state index in [0.717, 1.165) is 11.3 Å². The van der Waals surface area contributed by atoms with Gasteiger partial charge in [-0.05, 0) is 52.7 Å². The molecule has 0 saturated heterocycles. The van der Waals surface area contributed by atoms with E-state index in [1.807, 2.05) is 19.1 Å². The average Bonchev–Trinajstić information content (AvgIpc) is 2.25. The number of anilines is 1. The Morgan fingerprint density at radius 2 is 2.12 bits per heavy atom. The zero-order valence-electron chi connectivity index (χ0n) is 9.08. The highest BCUT2D eigenvalue weighted by Gasteiger charge is 2.07. The van der Waals surface area contributed by atoms with Gasteiger partial charge in [0, 0.05) is 11.9 Å². The van der Waals surface area contributed by atoms with Gasteiger partial charge in [-0.3, -0.25) is 0 Å². The summed E-state index contributed by atoms with van der Waals surface area (Å²) in [7, 11) is 0. The van der Waals surface area contributed by atoms with Crippen molar-refractivity contribution in [3.05, 3.63) is 45.5 Å². The highest BCUT2D eigenvalue weighted by atomic mass is 79.9. The molecule has 2 aromatic rings. The lowest BCUT2D eigenvalue weighted by Gasteiger charge is -2.09. The number of halogens is 2. The largest absolute Gasteiger partial charge is 0.438 e. The number of aryl methyl sites for hydroxylation is 1. The van der Waals surface area contributed by atoms with Gasteiger partial charge in [-0.1, -0.05) is 11.6 Å². The molecule has 2 N–H and O–H groups in total. The topological polar surface area (TPSA) is 48.1 Å². The van der Waals surface area contributed by atoms with Crippen LogP contribution in [0.1, 0.15) is 5.56 Å². The fraction of sp³-hybridized carbons (Fsp3) is 0.0833. The molecule has 1 heterocycles. The summed E-state index contributed by atoms with van der Waals surface area (Å²) in [6.07, 6.45) is 1.54. The lowest BCUT2D eigenvalue weighted by Crippen LogP contribution is -1.93. The van der Waals surface area contributed by atoms with Crippen molar-refractivity contribution in [3.8, 4) is 11.6 Å². The van der Waals surface area contributed by atoms with E-state index in [1.54, 1.807) is 12.1 Å². The quantitative estimate of drug-likeness (QED) is 0.846. The minimum atomic E-state index is 0.474. The lowest BCUT2D eigenvalue weighted by atomic mass is 10.2. The molecule has 0 aliphatic heterocycles. The van der Waals surface area contributed by atoms with Crippen molar-refractivity contribution in [3.63, 3.8) is 0 Å². The van der Waals surface area contributed by atoms with E-state index < -0.39 is 0 Å². The first-order valence-corrected chi connectivity index (χ1v) is 6.08. The van der Waals surface area contributed by atoms with Crippen LogP contribution in [-0.2, 0) is 0 Å². The molecule has 0 aliphatic carbocycles. The smallest absolute Gasteiger partial charge is 0.233 e. The van der Waals surface area contributed by atoms with Crippen LogP contribution in [0.2, 0.25) is 5.02 Å². The number of hydrogen-bond acceptors (Lipinski definition) is 3. The van der Waals surface area contributed by atoms with Crippen LogP contribution in [0.3, 0.4) is 0 Å². The van der Waals surface area contributed by atoms with Crippen molar-refractivity contribution in [1.82, 2.24) is 4.98 Å². The number of nitrogens with zero attached hydrogens (tertiary/aromatic N) is 1. The molecule has 1 aromatic heterocycles. The summed E-state index contributed by atoms with van der Waals surface area (Å²) in [6, 6.07) is 7.18. The summed E-state index contributed by atoms with van der Waals surface area (Å²) >= 11 is 9.15. The zero-order valence-corrected chi connectivity index (χ0v) is 11.4. The number of aromatic nitrogens is 1. The monoisotopic (exact) mass is 312 g/mol. The fourth-order valence-corrected chi connectivity index (χ4v) is 2.09. The maximum absolute atomic E-state index is 5.81. The molecular weight excluding hydrogens is 304 g/mol. The Bertz CT molecular complexity index is 511. The molecule has 0 unspecified atom stereocenters. The molecule has 88 valence electrons.